The molecule has 3 aromatic heterocycles. The summed E-state index contributed by atoms with van der Waals surface area (Å²) in [4.78, 5) is 30.7. The molecular weight excluding hydrogens is 554 g/mol. The van der Waals surface area contributed by atoms with Gasteiger partial charge in [0.2, 0.25) is 11.8 Å². The Morgan fingerprint density at radius 1 is 1.02 bits per heavy atom. The Labute approximate surface area is 240 Å². The Morgan fingerprint density at radius 2 is 1.71 bits per heavy atom. The lowest BCUT2D eigenvalue weighted by molar-refractivity contribution is -0.123. The lowest BCUT2D eigenvalue weighted by Gasteiger charge is -2.33. The van der Waals surface area contributed by atoms with Crippen molar-refractivity contribution in [2.75, 3.05) is 0 Å². The number of alkyl halides is 4. The number of amides is 2. The number of aromatic nitrogens is 5. The van der Waals surface area contributed by atoms with Gasteiger partial charge in [-0.05, 0) is 69.1 Å². The van der Waals surface area contributed by atoms with Crippen LogP contribution < -0.4 is 10.6 Å². The van der Waals surface area contributed by atoms with Gasteiger partial charge in [0.1, 0.15) is 5.69 Å². The third kappa shape index (κ3) is 6.00. The minimum Gasteiger partial charge on any atom is -0.349 e. The van der Waals surface area contributed by atoms with E-state index in [1.165, 1.54) is 0 Å². The number of imidazole rings is 1. The molecule has 0 unspecified atom stereocenters. The van der Waals surface area contributed by atoms with Crippen molar-refractivity contribution in [2.45, 2.75) is 95.2 Å². The summed E-state index contributed by atoms with van der Waals surface area (Å²) in [5.74, 6) is -7.23. The highest BCUT2D eigenvalue weighted by molar-refractivity contribution is 5.92. The summed E-state index contributed by atoms with van der Waals surface area (Å²) in [5, 5.41) is 14.7. The molecule has 3 aromatic rings. The van der Waals surface area contributed by atoms with Crippen LogP contribution >= 0.6 is 0 Å². The molecule has 3 heterocycles. The minimum absolute atomic E-state index is 0.0499. The first-order valence-electron chi connectivity index (χ1n) is 14.6. The zero-order chi connectivity index (χ0) is 29.8. The highest BCUT2D eigenvalue weighted by atomic mass is 19.3. The maximum atomic E-state index is 14.0. The van der Waals surface area contributed by atoms with Crippen molar-refractivity contribution in [1.29, 1.82) is 0 Å². The number of nitrogens with zero attached hydrogens (tertiary/aromatic N) is 5. The third-order valence-corrected chi connectivity index (χ3v) is 8.75. The fourth-order valence-corrected chi connectivity index (χ4v) is 6.03. The van der Waals surface area contributed by atoms with Gasteiger partial charge in [-0.2, -0.15) is 10.2 Å². The van der Waals surface area contributed by atoms with Gasteiger partial charge in [0.05, 0.1) is 30.2 Å². The molecule has 3 saturated carbocycles. The van der Waals surface area contributed by atoms with Gasteiger partial charge in [0, 0.05) is 43.8 Å². The maximum Gasteiger partial charge on any atom is 0.270 e. The molecule has 3 fully saturated rings. The summed E-state index contributed by atoms with van der Waals surface area (Å²) in [6.07, 6.45) is 6.14. The molecule has 9 nitrogen and oxygen atoms in total. The number of hydrogen-bond donors (Lipinski definition) is 2. The second-order valence-electron chi connectivity index (χ2n) is 12.4. The molecule has 42 heavy (non-hydrogen) atoms. The van der Waals surface area contributed by atoms with Crippen molar-refractivity contribution in [2.24, 2.45) is 17.8 Å². The van der Waals surface area contributed by atoms with Crippen LogP contribution in [0.15, 0.2) is 30.7 Å². The number of halogens is 4. The van der Waals surface area contributed by atoms with Gasteiger partial charge in [-0.3, -0.25) is 14.3 Å². The van der Waals surface area contributed by atoms with Crippen LogP contribution in [0, 0.1) is 17.8 Å². The van der Waals surface area contributed by atoms with Crippen molar-refractivity contribution < 1.29 is 27.2 Å². The number of carbonyl (C=O) groups is 2. The van der Waals surface area contributed by atoms with E-state index >= 15 is 0 Å². The summed E-state index contributed by atoms with van der Waals surface area (Å²) in [5.41, 5.74) is 2.06. The van der Waals surface area contributed by atoms with Crippen LogP contribution in [-0.2, 0) is 4.79 Å². The largest absolute Gasteiger partial charge is 0.349 e. The van der Waals surface area contributed by atoms with E-state index in [1.54, 1.807) is 39.9 Å². The second kappa shape index (κ2) is 10.6. The van der Waals surface area contributed by atoms with Gasteiger partial charge in [-0.1, -0.05) is 0 Å². The van der Waals surface area contributed by atoms with E-state index in [2.05, 4.69) is 20.8 Å². The molecule has 0 spiro atoms. The Morgan fingerprint density at radius 3 is 2.36 bits per heavy atom. The van der Waals surface area contributed by atoms with Crippen LogP contribution in [0.1, 0.15) is 105 Å². The normalized spacial score (nSPS) is 23.1. The first-order valence-corrected chi connectivity index (χ1v) is 14.6. The van der Waals surface area contributed by atoms with Gasteiger partial charge in [0.15, 0.2) is 5.65 Å². The van der Waals surface area contributed by atoms with Gasteiger partial charge >= 0.3 is 0 Å². The SMILES string of the molecule is CC(C)n1nccc1C(=O)N[C@H](c1cn2ncc([C@@H](NC(=O)C[C@@H]3CC3(F)F)C3CC3)cc2n1)C1CCC(F)(F)CC1. The van der Waals surface area contributed by atoms with Crippen molar-refractivity contribution in [3.63, 3.8) is 0 Å². The second-order valence-corrected chi connectivity index (χ2v) is 12.4. The highest BCUT2D eigenvalue weighted by Crippen LogP contribution is 2.51. The lowest BCUT2D eigenvalue weighted by Crippen LogP contribution is -2.38. The van der Waals surface area contributed by atoms with Crippen molar-refractivity contribution in [3.05, 3.63) is 47.7 Å². The molecule has 0 aliphatic heterocycles. The molecule has 0 saturated heterocycles. The molecule has 2 amide bonds. The van der Waals surface area contributed by atoms with Crippen LogP contribution in [0.3, 0.4) is 0 Å². The van der Waals surface area contributed by atoms with E-state index in [-0.39, 0.29) is 68.4 Å². The lowest BCUT2D eigenvalue weighted by atomic mass is 9.81. The Hall–Kier alpha value is -3.51. The standard InChI is InChI=1S/C29H35F4N7O2/c1-16(2)40-22(7-10-34-40)27(42)38-26(18-5-8-28(30,31)9-6-18)21-15-39-23(36-21)11-19(14-35-39)25(17-3-4-17)37-24(41)12-20-13-29(20,32)33/h7,10-11,14-18,20,25-26H,3-6,8-9,12-13H2,1-2H3,(H,37,41)(H,38,42)/t20-,25+,26+/m1/s1. The summed E-state index contributed by atoms with van der Waals surface area (Å²) < 4.78 is 57.9. The summed E-state index contributed by atoms with van der Waals surface area (Å²) in [6.45, 7) is 3.82. The fraction of sp³-hybridized carbons (Fsp3) is 0.621. The summed E-state index contributed by atoms with van der Waals surface area (Å²) in [7, 11) is 0. The summed E-state index contributed by atoms with van der Waals surface area (Å²) >= 11 is 0. The minimum atomic E-state index is -2.76. The van der Waals surface area contributed by atoms with Crippen LogP contribution in [0.25, 0.3) is 5.65 Å². The predicted molar refractivity (Wildman–Crippen MR) is 144 cm³/mol. The predicted octanol–water partition coefficient (Wildman–Crippen LogP) is 5.42. The van der Waals surface area contributed by atoms with Gasteiger partial charge in [-0.25, -0.2) is 27.1 Å². The van der Waals surface area contributed by atoms with E-state index in [9.17, 15) is 27.2 Å². The van der Waals surface area contributed by atoms with Gasteiger partial charge in [-0.15, -0.1) is 0 Å². The molecule has 3 atom stereocenters. The van der Waals surface area contributed by atoms with Crippen molar-refractivity contribution in [3.8, 4) is 0 Å². The van der Waals surface area contributed by atoms with Crippen LogP contribution in [-0.4, -0.2) is 48.0 Å². The van der Waals surface area contributed by atoms with E-state index in [0.29, 0.717) is 17.0 Å². The topological polar surface area (TPSA) is 106 Å². The quantitative estimate of drug-likeness (QED) is 0.308. The third-order valence-electron chi connectivity index (χ3n) is 8.75. The molecule has 2 N–H and O–H groups in total. The first kappa shape index (κ1) is 28.6. The average molecular weight is 590 g/mol. The van der Waals surface area contributed by atoms with Crippen LogP contribution in [0.4, 0.5) is 17.6 Å². The fourth-order valence-electron chi connectivity index (χ4n) is 6.03. The van der Waals surface area contributed by atoms with Crippen molar-refractivity contribution >= 4 is 17.5 Å². The monoisotopic (exact) mass is 589 g/mol. The van der Waals surface area contributed by atoms with Gasteiger partial charge < -0.3 is 10.6 Å². The molecule has 3 aliphatic rings. The van der Waals surface area contributed by atoms with Crippen LogP contribution in [0.2, 0.25) is 0 Å². The smallest absolute Gasteiger partial charge is 0.270 e. The number of rotatable bonds is 10. The molecular formula is C29H35F4N7O2. The summed E-state index contributed by atoms with van der Waals surface area (Å²) in [6, 6.07) is 2.37. The average Bonchev–Trinajstić information content (AvgIpc) is 3.72. The molecule has 0 aromatic carbocycles. The highest BCUT2D eigenvalue weighted by Gasteiger charge is 2.57. The zero-order valence-electron chi connectivity index (χ0n) is 23.6. The molecule has 0 bridgehead atoms. The molecule has 3 aliphatic carbocycles. The molecule has 226 valence electrons. The van der Waals surface area contributed by atoms with E-state index in [1.807, 2.05) is 13.8 Å². The molecule has 0 radical (unpaired) electrons. The first-order chi connectivity index (χ1) is 19.9. The Bertz CT molecular complexity index is 1470. The zero-order valence-corrected chi connectivity index (χ0v) is 23.6. The number of carbonyl (C=O) groups excluding carboxylic acids is 2. The van der Waals surface area contributed by atoms with Crippen molar-refractivity contribution in [1.82, 2.24) is 35.0 Å². The maximum absolute atomic E-state index is 14.0. The Kier molecular flexibility index (Phi) is 7.25. The van der Waals surface area contributed by atoms with Crippen LogP contribution in [0.5, 0.6) is 0 Å². The number of nitrogens with one attached hydrogen (secondary N) is 2. The van der Waals surface area contributed by atoms with E-state index in [4.69, 9.17) is 4.98 Å². The van der Waals surface area contributed by atoms with E-state index in [0.717, 1.165) is 18.4 Å². The Balaban J connectivity index is 1.25. The number of hydrogen-bond acceptors (Lipinski definition) is 5. The molecule has 6 rings (SSSR count). The number of fused-ring (bicyclic) bond motifs is 1. The van der Waals surface area contributed by atoms with Gasteiger partial charge in [0.25, 0.3) is 11.8 Å². The molecule has 13 heteroatoms. The van der Waals surface area contributed by atoms with E-state index < -0.39 is 29.7 Å².